The van der Waals surface area contributed by atoms with E-state index in [4.69, 9.17) is 0 Å². The van der Waals surface area contributed by atoms with Crippen LogP contribution in [0, 0.1) is 0 Å². The number of benzene rings is 2. The third-order valence-corrected chi connectivity index (χ3v) is 4.33. The summed E-state index contributed by atoms with van der Waals surface area (Å²) in [5.41, 5.74) is -2.52. The topological polar surface area (TPSA) is 54.5 Å². The van der Waals surface area contributed by atoms with Crippen molar-refractivity contribution in [3.8, 4) is 0 Å². The summed E-state index contributed by atoms with van der Waals surface area (Å²) >= 11 is 0. The fourth-order valence-corrected chi connectivity index (χ4v) is 2.81. The summed E-state index contributed by atoms with van der Waals surface area (Å²) in [6, 6.07) is 9.43. The van der Waals surface area contributed by atoms with Gasteiger partial charge < -0.3 is 0 Å². The summed E-state index contributed by atoms with van der Waals surface area (Å²) in [5.74, 6) is -1.92. The molecule has 0 aliphatic rings. The van der Waals surface area contributed by atoms with Gasteiger partial charge in [-0.25, -0.2) is 0 Å². The first kappa shape index (κ1) is 16.9. The van der Waals surface area contributed by atoms with Crippen LogP contribution < -0.4 is 0 Å². The molecule has 0 bridgehead atoms. The summed E-state index contributed by atoms with van der Waals surface area (Å²) in [5, 5.41) is 0. The number of carbonyl (C=O) groups excluding carboxylic acids is 1. The summed E-state index contributed by atoms with van der Waals surface area (Å²) in [4.78, 5) is 11.3. The Balaban J connectivity index is 2.46. The molecule has 0 atom stereocenters. The molecule has 0 saturated carbocycles. The number of nitrogens with zero attached hydrogens (tertiary/aromatic N) is 1. The molecule has 0 N–H and O–H groups in total. The van der Waals surface area contributed by atoms with Gasteiger partial charge >= 0.3 is 6.18 Å². The molecule has 0 spiro atoms. The first-order valence-electron chi connectivity index (χ1n) is 6.12. The van der Waals surface area contributed by atoms with Crippen molar-refractivity contribution in [2.75, 3.05) is 0 Å². The maximum Gasteiger partial charge on any atom is 0.417 e. The Hall–Kier alpha value is -2.42. The Morgan fingerprint density at radius 1 is 0.913 bits per heavy atom. The Labute approximate surface area is 128 Å². The van der Waals surface area contributed by atoms with E-state index in [1.165, 1.54) is 18.2 Å². The Bertz CT molecular complexity index is 819. The number of hydrogen-bond donors (Lipinski definition) is 0. The Morgan fingerprint density at radius 2 is 1.43 bits per heavy atom. The highest BCUT2D eigenvalue weighted by Crippen LogP contribution is 2.33. The fourth-order valence-electron chi connectivity index (χ4n) is 1.81. The summed E-state index contributed by atoms with van der Waals surface area (Å²) in [6.07, 6.45) is -4.93. The lowest BCUT2D eigenvalue weighted by Gasteiger charge is -2.16. The van der Waals surface area contributed by atoms with Crippen molar-refractivity contribution < 1.29 is 30.9 Å². The van der Waals surface area contributed by atoms with Gasteiger partial charge in [-0.3, -0.25) is 4.79 Å². The quantitative estimate of drug-likeness (QED) is 0.631. The van der Waals surface area contributed by atoms with E-state index < -0.39 is 42.7 Å². The lowest BCUT2D eigenvalue weighted by atomic mass is 10.1. The van der Waals surface area contributed by atoms with E-state index in [0.717, 1.165) is 24.3 Å². The molecule has 0 saturated heterocycles. The fraction of sp³-hybridized carbons (Fsp3) is 0.0714. The minimum absolute atomic E-state index is 0.555. The van der Waals surface area contributed by atoms with Crippen molar-refractivity contribution in [2.45, 2.75) is 11.1 Å². The molecule has 2 aromatic rings. The van der Waals surface area contributed by atoms with E-state index in [1.54, 1.807) is 0 Å². The second kappa shape index (κ2) is 5.99. The van der Waals surface area contributed by atoms with Crippen LogP contribution in [0.3, 0.4) is 0 Å². The lowest BCUT2D eigenvalue weighted by molar-refractivity contribution is -0.138. The third kappa shape index (κ3) is 3.34. The van der Waals surface area contributed by atoms with Crippen LogP contribution in [0.25, 0.3) is 0 Å². The molecule has 122 valence electrons. The van der Waals surface area contributed by atoms with Gasteiger partial charge in [0.05, 0.1) is 16.0 Å². The van der Waals surface area contributed by atoms with Gasteiger partial charge in [0.15, 0.2) is 0 Å². The average molecular weight is 347 g/mol. The van der Waals surface area contributed by atoms with Gasteiger partial charge in [-0.2, -0.15) is 21.6 Å². The first-order valence-corrected chi connectivity index (χ1v) is 7.56. The SMILES string of the molecule is O=C(c1ccccc1C(F)(F)F)N(F)S(=O)(=O)c1ccccc1. The zero-order valence-corrected chi connectivity index (χ0v) is 12.1. The predicted octanol–water partition coefficient (Wildman–Crippen LogP) is 3.42. The molecule has 9 heteroatoms. The minimum Gasteiger partial charge on any atom is -0.265 e. The van der Waals surface area contributed by atoms with Gasteiger partial charge in [0.1, 0.15) is 0 Å². The maximum absolute atomic E-state index is 14.0. The number of hydrogen-bond acceptors (Lipinski definition) is 3. The molecule has 0 aliphatic carbocycles. The molecule has 2 rings (SSSR count). The van der Waals surface area contributed by atoms with Crippen molar-refractivity contribution in [3.05, 3.63) is 65.7 Å². The molecule has 0 unspecified atom stereocenters. The molecule has 0 radical (unpaired) electrons. The summed E-state index contributed by atoms with van der Waals surface area (Å²) < 4.78 is 75.3. The predicted molar refractivity (Wildman–Crippen MR) is 72.3 cm³/mol. The van der Waals surface area contributed by atoms with E-state index in [1.807, 2.05) is 0 Å². The van der Waals surface area contributed by atoms with Gasteiger partial charge in [0, 0.05) is 0 Å². The van der Waals surface area contributed by atoms with Crippen molar-refractivity contribution in [3.63, 3.8) is 0 Å². The molecule has 1 amide bonds. The Morgan fingerprint density at radius 3 is 2.00 bits per heavy atom. The van der Waals surface area contributed by atoms with Gasteiger partial charge in [0.25, 0.3) is 15.9 Å². The number of carbonyl (C=O) groups is 1. The van der Waals surface area contributed by atoms with Crippen LogP contribution in [0.15, 0.2) is 59.5 Å². The minimum atomic E-state index is -4.93. The van der Waals surface area contributed by atoms with Crippen LogP contribution in [0.4, 0.5) is 17.7 Å². The summed E-state index contributed by atoms with van der Waals surface area (Å²) in [7, 11) is -4.90. The lowest BCUT2D eigenvalue weighted by Crippen LogP contribution is -2.31. The van der Waals surface area contributed by atoms with Gasteiger partial charge in [0.2, 0.25) is 0 Å². The van der Waals surface area contributed by atoms with Crippen molar-refractivity contribution in [2.24, 2.45) is 0 Å². The molecule has 23 heavy (non-hydrogen) atoms. The standard InChI is InChI=1S/C14H9F4NO3S/c15-14(16,17)12-9-5-4-8-11(12)13(20)19(18)23(21,22)10-6-2-1-3-7-10/h1-9H. The van der Waals surface area contributed by atoms with Gasteiger partial charge in [-0.15, -0.1) is 0 Å². The largest absolute Gasteiger partial charge is 0.417 e. The second-order valence-corrected chi connectivity index (χ2v) is 6.12. The molecule has 0 aromatic heterocycles. The van der Waals surface area contributed by atoms with Crippen LogP contribution >= 0.6 is 0 Å². The number of sulfonamides is 1. The zero-order chi connectivity index (χ0) is 17.3. The molecule has 0 aliphatic heterocycles. The van der Waals surface area contributed by atoms with E-state index in [2.05, 4.69) is 0 Å². The van der Waals surface area contributed by atoms with Crippen LogP contribution in [0.2, 0.25) is 0 Å². The van der Waals surface area contributed by atoms with Crippen LogP contribution in [0.5, 0.6) is 0 Å². The highest BCUT2D eigenvalue weighted by Gasteiger charge is 2.39. The van der Waals surface area contributed by atoms with Crippen molar-refractivity contribution in [1.29, 1.82) is 0 Å². The number of rotatable bonds is 3. The smallest absolute Gasteiger partial charge is 0.265 e. The average Bonchev–Trinajstić information content (AvgIpc) is 2.53. The van der Waals surface area contributed by atoms with Crippen LogP contribution in [-0.2, 0) is 16.2 Å². The van der Waals surface area contributed by atoms with Crippen LogP contribution in [-0.4, -0.2) is 18.9 Å². The number of halogens is 4. The van der Waals surface area contributed by atoms with Crippen LogP contribution in [0.1, 0.15) is 15.9 Å². The normalized spacial score (nSPS) is 12.0. The highest BCUT2D eigenvalue weighted by atomic mass is 32.2. The van der Waals surface area contributed by atoms with E-state index >= 15 is 0 Å². The molecule has 4 nitrogen and oxygen atoms in total. The number of alkyl halides is 3. The van der Waals surface area contributed by atoms with Gasteiger partial charge in [-0.05, 0) is 24.3 Å². The van der Waals surface area contributed by atoms with E-state index in [0.29, 0.717) is 12.1 Å². The molecule has 0 heterocycles. The van der Waals surface area contributed by atoms with E-state index in [-0.39, 0.29) is 0 Å². The number of amides is 1. The molecular formula is C14H9F4NO3S. The molecule has 2 aromatic carbocycles. The Kier molecular flexibility index (Phi) is 4.42. The second-order valence-electron chi connectivity index (χ2n) is 4.38. The monoisotopic (exact) mass is 347 g/mol. The van der Waals surface area contributed by atoms with Crippen molar-refractivity contribution in [1.82, 2.24) is 4.53 Å². The van der Waals surface area contributed by atoms with Crippen molar-refractivity contribution >= 4 is 15.9 Å². The zero-order valence-electron chi connectivity index (χ0n) is 11.3. The summed E-state index contributed by atoms with van der Waals surface area (Å²) in [6.45, 7) is 0. The van der Waals surface area contributed by atoms with E-state index in [9.17, 15) is 30.9 Å². The molecule has 0 fully saturated rings. The third-order valence-electron chi connectivity index (χ3n) is 2.87. The first-order chi connectivity index (χ1) is 10.7. The maximum atomic E-state index is 14.0. The molecular weight excluding hydrogens is 338 g/mol. The highest BCUT2D eigenvalue weighted by molar-refractivity contribution is 7.89. The van der Waals surface area contributed by atoms with Gasteiger partial charge in [-0.1, -0.05) is 39.3 Å².